The van der Waals surface area contributed by atoms with Crippen LogP contribution in [0.3, 0.4) is 0 Å². The van der Waals surface area contributed by atoms with E-state index in [0.29, 0.717) is 0 Å². The van der Waals surface area contributed by atoms with Crippen LogP contribution in [0.15, 0.2) is 206 Å². The number of benzene rings is 10. The van der Waals surface area contributed by atoms with Gasteiger partial charge < -0.3 is 0 Å². The Labute approximate surface area is 355 Å². The average Bonchev–Trinajstić information content (AvgIpc) is 3.79. The van der Waals surface area contributed by atoms with Crippen molar-refractivity contribution in [3.63, 3.8) is 0 Å². The molecule has 0 saturated heterocycles. The predicted molar refractivity (Wildman–Crippen MR) is 258 cm³/mol. The fourth-order valence-corrected chi connectivity index (χ4v) is 12.6. The minimum absolute atomic E-state index is 0.0766. The third-order valence-electron chi connectivity index (χ3n) is 12.8. The van der Waals surface area contributed by atoms with Gasteiger partial charge in [0.2, 0.25) is 0 Å². The van der Waals surface area contributed by atoms with E-state index in [1.165, 1.54) is 73.9 Å². The summed E-state index contributed by atoms with van der Waals surface area (Å²) in [5.41, 5.74) is 12.0. The van der Waals surface area contributed by atoms with E-state index in [0.717, 1.165) is 34.1 Å². The number of para-hydroxylation sites is 2. The number of fused-ring (bicyclic) bond motifs is 11. The first kappa shape index (κ1) is 35.1. The molecule has 1 heterocycles. The zero-order valence-corrected chi connectivity index (χ0v) is 35.1. The first-order valence-electron chi connectivity index (χ1n) is 20.8. The molecule has 0 bridgehead atoms. The van der Waals surface area contributed by atoms with E-state index in [1.54, 1.807) is 0 Å². The van der Waals surface area contributed by atoms with Gasteiger partial charge in [0, 0.05) is 0 Å². The molecule has 0 aliphatic heterocycles. The molecule has 0 amide bonds. The van der Waals surface area contributed by atoms with Crippen LogP contribution in [0, 0.1) is 0 Å². The van der Waals surface area contributed by atoms with Gasteiger partial charge in [-0.3, -0.25) is 0 Å². The molecule has 0 N–H and O–H groups in total. The SMILES string of the molecule is CC1(C)c2ccccc2-c2cc(N(c3ccccc3)c3cc(N(c4ccccc4)c4ccc5ccccc5c4)c4ccc5ccc6c7ccccc7[se]c6c5c4c3)ccc21. The molecule has 1 aromatic heterocycles. The molecule has 2 nitrogen and oxygen atoms in total. The van der Waals surface area contributed by atoms with Crippen LogP contribution in [-0.4, -0.2) is 14.5 Å². The second-order valence-corrected chi connectivity index (χ2v) is 18.7. The Bertz CT molecular complexity index is 3470. The molecule has 0 saturated carbocycles. The Hall–Kier alpha value is -6.90. The second kappa shape index (κ2) is 13.6. The van der Waals surface area contributed by atoms with Crippen molar-refractivity contribution in [2.45, 2.75) is 19.3 Å². The molecule has 1 aliphatic carbocycles. The van der Waals surface area contributed by atoms with Gasteiger partial charge in [0.25, 0.3) is 0 Å². The first-order valence-corrected chi connectivity index (χ1v) is 22.5. The summed E-state index contributed by atoms with van der Waals surface area (Å²) >= 11 is 0.173. The molecule has 0 radical (unpaired) electrons. The van der Waals surface area contributed by atoms with Crippen LogP contribution in [0.2, 0.25) is 0 Å². The van der Waals surface area contributed by atoms with E-state index < -0.39 is 0 Å². The first-order chi connectivity index (χ1) is 29.5. The van der Waals surface area contributed by atoms with Gasteiger partial charge in [-0.2, -0.15) is 0 Å². The van der Waals surface area contributed by atoms with Crippen molar-refractivity contribution in [1.29, 1.82) is 0 Å². The Kier molecular flexibility index (Phi) is 7.94. The van der Waals surface area contributed by atoms with Crippen LogP contribution >= 0.6 is 0 Å². The number of rotatable bonds is 6. The molecule has 0 atom stereocenters. The number of anilines is 6. The summed E-state index contributed by atoms with van der Waals surface area (Å²) in [6, 6.07) is 76.7. The van der Waals surface area contributed by atoms with Crippen LogP contribution in [0.1, 0.15) is 25.0 Å². The molecular weight excluding hydrogens is 792 g/mol. The zero-order chi connectivity index (χ0) is 40.0. The van der Waals surface area contributed by atoms with Gasteiger partial charge in [0.15, 0.2) is 0 Å². The molecule has 0 spiro atoms. The predicted octanol–water partition coefficient (Wildman–Crippen LogP) is 15.8. The van der Waals surface area contributed by atoms with E-state index in [2.05, 4.69) is 230 Å². The maximum atomic E-state index is 2.47. The molecule has 0 fully saturated rings. The topological polar surface area (TPSA) is 6.48 Å². The molecule has 11 aromatic rings. The summed E-state index contributed by atoms with van der Waals surface area (Å²) in [5.74, 6) is 0. The van der Waals surface area contributed by atoms with Gasteiger partial charge in [-0.15, -0.1) is 0 Å². The summed E-state index contributed by atoms with van der Waals surface area (Å²) in [5, 5.41) is 10.3. The molecule has 3 heteroatoms. The van der Waals surface area contributed by atoms with E-state index in [1.807, 2.05) is 0 Å². The third kappa shape index (κ3) is 5.40. The number of nitrogens with zero attached hydrogens (tertiary/aromatic N) is 2. The van der Waals surface area contributed by atoms with Crippen LogP contribution < -0.4 is 9.80 Å². The molecular formula is C57H40N2Se. The van der Waals surface area contributed by atoms with Gasteiger partial charge in [-0.25, -0.2) is 0 Å². The van der Waals surface area contributed by atoms with Crippen molar-refractivity contribution >= 4 is 100 Å². The monoisotopic (exact) mass is 832 g/mol. The molecule has 284 valence electrons. The number of hydrogen-bond acceptors (Lipinski definition) is 2. The molecule has 60 heavy (non-hydrogen) atoms. The van der Waals surface area contributed by atoms with E-state index in [9.17, 15) is 0 Å². The minimum atomic E-state index is -0.0766. The van der Waals surface area contributed by atoms with Crippen LogP contribution in [0.25, 0.3) is 62.7 Å². The van der Waals surface area contributed by atoms with E-state index in [4.69, 9.17) is 0 Å². The average molecular weight is 832 g/mol. The summed E-state index contributed by atoms with van der Waals surface area (Å²) < 4.78 is 2.92. The van der Waals surface area contributed by atoms with Gasteiger partial charge >= 0.3 is 352 Å². The fourth-order valence-electron chi connectivity index (χ4n) is 9.90. The molecule has 10 aromatic carbocycles. The fraction of sp³-hybridized carbons (Fsp3) is 0.0526. The summed E-state index contributed by atoms with van der Waals surface area (Å²) in [6.07, 6.45) is 0. The van der Waals surface area contributed by atoms with Gasteiger partial charge in [0.05, 0.1) is 0 Å². The van der Waals surface area contributed by atoms with Gasteiger partial charge in [0.1, 0.15) is 0 Å². The molecule has 0 unspecified atom stereocenters. The normalized spacial score (nSPS) is 13.0. The Morgan fingerprint density at radius 1 is 0.367 bits per heavy atom. The van der Waals surface area contributed by atoms with Crippen molar-refractivity contribution in [2.24, 2.45) is 0 Å². The van der Waals surface area contributed by atoms with Crippen molar-refractivity contribution in [3.05, 3.63) is 217 Å². The van der Waals surface area contributed by atoms with Crippen molar-refractivity contribution in [1.82, 2.24) is 0 Å². The van der Waals surface area contributed by atoms with Crippen molar-refractivity contribution in [3.8, 4) is 11.1 Å². The third-order valence-corrected chi connectivity index (χ3v) is 15.3. The van der Waals surface area contributed by atoms with Crippen LogP contribution in [0.5, 0.6) is 0 Å². The van der Waals surface area contributed by atoms with Crippen molar-refractivity contribution < 1.29 is 0 Å². The van der Waals surface area contributed by atoms with E-state index >= 15 is 0 Å². The van der Waals surface area contributed by atoms with E-state index in [-0.39, 0.29) is 19.9 Å². The zero-order valence-electron chi connectivity index (χ0n) is 33.4. The standard InChI is InChI=1S/C57H40N2Se/c1-57(2)51-23-13-11-21-45(51)49-34-43(29-32-52(49)57)58(40-17-5-3-6-18-40)44-35-50-46(30-26-38-27-31-48-47-22-12-14-24-54(47)60-56(48)55(38)50)53(36-44)59(41-19-7-4-8-20-41)42-28-25-37-15-9-10-16-39(37)33-42/h3-36H,1-2H3. The Morgan fingerprint density at radius 2 is 0.983 bits per heavy atom. The Balaban J connectivity index is 1.20. The maximum absolute atomic E-state index is 2.47. The second-order valence-electron chi connectivity index (χ2n) is 16.5. The quantitative estimate of drug-likeness (QED) is 0.122. The Morgan fingerprint density at radius 3 is 1.80 bits per heavy atom. The summed E-state index contributed by atoms with van der Waals surface area (Å²) in [7, 11) is 0. The van der Waals surface area contributed by atoms with Gasteiger partial charge in [-0.05, 0) is 0 Å². The summed E-state index contributed by atoms with van der Waals surface area (Å²) in [4.78, 5) is 4.94. The molecule has 12 rings (SSSR count). The van der Waals surface area contributed by atoms with Crippen LogP contribution in [-0.2, 0) is 5.41 Å². The van der Waals surface area contributed by atoms with Gasteiger partial charge in [-0.1, -0.05) is 6.07 Å². The van der Waals surface area contributed by atoms with Crippen molar-refractivity contribution in [2.75, 3.05) is 9.80 Å². The molecule has 1 aliphatic rings. The number of hydrogen-bond donors (Lipinski definition) is 0. The van der Waals surface area contributed by atoms with Crippen LogP contribution in [0.4, 0.5) is 34.1 Å². The summed E-state index contributed by atoms with van der Waals surface area (Å²) in [6.45, 7) is 4.71.